The fourth-order valence-corrected chi connectivity index (χ4v) is 4.14. The van der Waals surface area contributed by atoms with Crippen LogP contribution in [0.5, 0.6) is 11.5 Å². The first-order valence-corrected chi connectivity index (χ1v) is 12.3. The number of phenolic OH excluding ortho intramolecular Hbond substituents is 1. The number of aromatic hydroxyl groups is 1. The minimum atomic E-state index is -0.929. The smallest absolute Gasteiger partial charge is 0.335 e. The summed E-state index contributed by atoms with van der Waals surface area (Å²) in [6.07, 6.45) is 1.82. The van der Waals surface area contributed by atoms with E-state index in [0.29, 0.717) is 25.4 Å². The van der Waals surface area contributed by atoms with E-state index < -0.39 is 5.97 Å². The van der Waals surface area contributed by atoms with E-state index in [2.05, 4.69) is 20.1 Å². The van der Waals surface area contributed by atoms with Gasteiger partial charge in [0.1, 0.15) is 5.82 Å². The Morgan fingerprint density at radius 1 is 1.00 bits per heavy atom. The van der Waals surface area contributed by atoms with E-state index >= 15 is 0 Å². The Morgan fingerprint density at radius 3 is 2.31 bits per heavy atom. The number of rotatable bonds is 9. The highest BCUT2D eigenvalue weighted by Gasteiger charge is 2.20. The molecule has 0 bridgehead atoms. The van der Waals surface area contributed by atoms with Crippen molar-refractivity contribution in [3.63, 3.8) is 0 Å². The molecule has 4 rings (SSSR count). The molecular formula is C28H36N4O4. The molecule has 0 atom stereocenters. The Bertz CT molecular complexity index is 1100. The molecule has 1 aliphatic rings. The lowest BCUT2D eigenvalue weighted by atomic mass is 10.1. The van der Waals surface area contributed by atoms with Crippen molar-refractivity contribution in [2.24, 2.45) is 0 Å². The van der Waals surface area contributed by atoms with Crippen LogP contribution < -0.4 is 15.0 Å². The Labute approximate surface area is 213 Å². The van der Waals surface area contributed by atoms with Crippen molar-refractivity contribution >= 4 is 11.8 Å². The number of carbonyl (C=O) groups is 1. The lowest BCUT2D eigenvalue weighted by molar-refractivity contribution is 0.0697. The maximum atomic E-state index is 11.0. The zero-order chi connectivity index (χ0) is 25.9. The Hall–Kier alpha value is -3.62. The molecule has 8 heteroatoms. The topological polar surface area (TPSA) is 98.2 Å². The second-order valence-corrected chi connectivity index (χ2v) is 8.36. The Balaban J connectivity index is 0.00000176. The van der Waals surface area contributed by atoms with Crippen LogP contribution in [0.25, 0.3) is 0 Å². The third-order valence-corrected chi connectivity index (χ3v) is 6.03. The van der Waals surface area contributed by atoms with Crippen molar-refractivity contribution in [3.05, 3.63) is 83.0 Å². The minimum Gasteiger partial charge on any atom is -0.504 e. The molecule has 192 valence electrons. The number of hydrogen-bond acceptors (Lipinski definition) is 7. The normalized spacial score (nSPS) is 13.6. The number of nitrogens with zero attached hydrogens (tertiary/aromatic N) is 3. The average molecular weight is 493 g/mol. The highest BCUT2D eigenvalue weighted by molar-refractivity contribution is 5.87. The summed E-state index contributed by atoms with van der Waals surface area (Å²) in [7, 11) is 1.56. The summed E-state index contributed by atoms with van der Waals surface area (Å²) in [6.45, 7) is 9.38. The maximum Gasteiger partial charge on any atom is 0.335 e. The lowest BCUT2D eigenvalue weighted by Gasteiger charge is -2.35. The van der Waals surface area contributed by atoms with Gasteiger partial charge in [-0.25, -0.2) is 9.78 Å². The summed E-state index contributed by atoms with van der Waals surface area (Å²) < 4.78 is 5.42. The maximum absolute atomic E-state index is 11.0. The Morgan fingerprint density at radius 2 is 1.69 bits per heavy atom. The van der Waals surface area contributed by atoms with E-state index in [1.54, 1.807) is 19.2 Å². The van der Waals surface area contributed by atoms with Crippen LogP contribution >= 0.6 is 0 Å². The van der Waals surface area contributed by atoms with Gasteiger partial charge >= 0.3 is 5.97 Å². The first-order chi connectivity index (χ1) is 17.5. The number of ether oxygens (including phenoxy) is 1. The second kappa shape index (κ2) is 13.5. The molecule has 0 unspecified atom stereocenters. The number of anilines is 1. The lowest BCUT2D eigenvalue weighted by Crippen LogP contribution is -2.46. The van der Waals surface area contributed by atoms with Gasteiger partial charge in [0, 0.05) is 57.6 Å². The molecule has 2 heterocycles. The molecule has 0 aliphatic carbocycles. The van der Waals surface area contributed by atoms with Crippen LogP contribution in [-0.4, -0.2) is 59.4 Å². The minimum absolute atomic E-state index is 0.183. The van der Waals surface area contributed by atoms with Gasteiger partial charge in [-0.2, -0.15) is 0 Å². The van der Waals surface area contributed by atoms with Crippen LogP contribution in [0, 0.1) is 0 Å². The van der Waals surface area contributed by atoms with Crippen LogP contribution in [0.2, 0.25) is 0 Å². The van der Waals surface area contributed by atoms with Crippen LogP contribution in [0.15, 0.2) is 60.8 Å². The molecule has 36 heavy (non-hydrogen) atoms. The van der Waals surface area contributed by atoms with Crippen molar-refractivity contribution in [2.45, 2.75) is 33.5 Å². The number of nitrogens with one attached hydrogen (secondary N) is 1. The summed E-state index contributed by atoms with van der Waals surface area (Å²) in [5, 5.41) is 23.1. The van der Waals surface area contributed by atoms with Gasteiger partial charge < -0.3 is 25.2 Å². The van der Waals surface area contributed by atoms with Crippen molar-refractivity contribution in [2.75, 3.05) is 38.2 Å². The molecule has 1 aromatic heterocycles. The highest BCUT2D eigenvalue weighted by atomic mass is 16.5. The molecular weight excluding hydrogens is 456 g/mol. The van der Waals surface area contributed by atoms with E-state index in [1.807, 2.05) is 62.5 Å². The number of hydrogen-bond donors (Lipinski definition) is 3. The SMILES string of the molecule is CC.COc1cc(CNCc2ccc(C(=O)O)cc2)cc(CN2CCN(c3ccccn3)CC2)c1O. The first-order valence-electron chi connectivity index (χ1n) is 12.3. The molecule has 2 aromatic carbocycles. The van der Waals surface area contributed by atoms with Gasteiger partial charge in [0.05, 0.1) is 12.7 Å². The number of phenols is 1. The average Bonchev–Trinajstić information content (AvgIpc) is 2.92. The predicted octanol–water partition coefficient (Wildman–Crippen LogP) is 4.13. The molecule has 3 N–H and O–H groups in total. The molecule has 8 nitrogen and oxygen atoms in total. The van der Waals surface area contributed by atoms with Crippen LogP contribution in [0.4, 0.5) is 5.82 Å². The quantitative estimate of drug-likeness (QED) is 0.410. The van der Waals surface area contributed by atoms with Gasteiger partial charge in [-0.1, -0.05) is 32.0 Å². The number of pyridine rings is 1. The number of benzene rings is 2. The number of methoxy groups -OCH3 is 1. The zero-order valence-electron chi connectivity index (χ0n) is 21.3. The van der Waals surface area contributed by atoms with Crippen molar-refractivity contribution < 1.29 is 19.7 Å². The number of carboxylic acids is 1. The summed E-state index contributed by atoms with van der Waals surface area (Å²) in [5.74, 6) is 0.716. The number of piperazine rings is 1. The summed E-state index contributed by atoms with van der Waals surface area (Å²) in [4.78, 5) is 20.0. The van der Waals surface area contributed by atoms with Crippen molar-refractivity contribution in [1.82, 2.24) is 15.2 Å². The molecule has 1 aliphatic heterocycles. The van der Waals surface area contributed by atoms with E-state index in [9.17, 15) is 9.90 Å². The fraction of sp³-hybridized carbons (Fsp3) is 0.357. The van der Waals surface area contributed by atoms with Gasteiger partial charge in [-0.3, -0.25) is 4.90 Å². The standard InChI is InChI=1S/C26H30N4O4.C2H6/c1-34-23-15-20(17-27-16-19-5-7-21(8-6-19)26(32)33)14-22(25(23)31)18-29-10-12-30(13-11-29)24-4-2-3-9-28-24;1-2/h2-9,14-15,27,31H,10-13,16-18H2,1H3,(H,32,33);1-2H3. The van der Waals surface area contributed by atoms with E-state index in [-0.39, 0.29) is 11.3 Å². The highest BCUT2D eigenvalue weighted by Crippen LogP contribution is 2.32. The van der Waals surface area contributed by atoms with E-state index in [0.717, 1.165) is 48.7 Å². The summed E-state index contributed by atoms with van der Waals surface area (Å²) in [6, 6.07) is 16.7. The van der Waals surface area contributed by atoms with Crippen LogP contribution in [0.1, 0.15) is 40.9 Å². The molecule has 0 spiro atoms. The predicted molar refractivity (Wildman–Crippen MR) is 142 cm³/mol. The van der Waals surface area contributed by atoms with Crippen molar-refractivity contribution in [3.8, 4) is 11.5 Å². The Kier molecular flexibility index (Phi) is 10.1. The molecule has 0 radical (unpaired) electrons. The number of aromatic carboxylic acids is 1. The molecule has 1 saturated heterocycles. The van der Waals surface area contributed by atoms with E-state index in [4.69, 9.17) is 9.84 Å². The molecule has 1 fully saturated rings. The second-order valence-electron chi connectivity index (χ2n) is 8.36. The summed E-state index contributed by atoms with van der Waals surface area (Å²) in [5.41, 5.74) is 3.13. The third kappa shape index (κ3) is 7.19. The largest absolute Gasteiger partial charge is 0.504 e. The monoisotopic (exact) mass is 492 g/mol. The van der Waals surface area contributed by atoms with Gasteiger partial charge in [0.15, 0.2) is 11.5 Å². The van der Waals surface area contributed by atoms with Gasteiger partial charge in [0.25, 0.3) is 0 Å². The third-order valence-electron chi connectivity index (χ3n) is 6.03. The van der Waals surface area contributed by atoms with Gasteiger partial charge in [-0.05, 0) is 47.5 Å². The fourth-order valence-electron chi connectivity index (χ4n) is 4.14. The molecule has 0 saturated carbocycles. The van der Waals surface area contributed by atoms with Gasteiger partial charge in [0.2, 0.25) is 0 Å². The van der Waals surface area contributed by atoms with E-state index in [1.165, 1.54) is 0 Å². The number of aromatic nitrogens is 1. The van der Waals surface area contributed by atoms with Crippen LogP contribution in [0.3, 0.4) is 0 Å². The first kappa shape index (κ1) is 27.0. The van der Waals surface area contributed by atoms with Gasteiger partial charge in [-0.15, -0.1) is 0 Å². The number of carboxylic acid groups (broad SMARTS) is 1. The van der Waals surface area contributed by atoms with Crippen molar-refractivity contribution in [1.29, 1.82) is 0 Å². The zero-order valence-corrected chi connectivity index (χ0v) is 21.3. The molecule has 0 amide bonds. The molecule has 3 aromatic rings. The van der Waals surface area contributed by atoms with Crippen LogP contribution in [-0.2, 0) is 19.6 Å². The summed E-state index contributed by atoms with van der Waals surface area (Å²) >= 11 is 0.